The summed E-state index contributed by atoms with van der Waals surface area (Å²) in [4.78, 5) is 28.0. The molecule has 3 aromatic rings. The summed E-state index contributed by atoms with van der Waals surface area (Å²) < 4.78 is 5.18. The van der Waals surface area contributed by atoms with E-state index in [4.69, 9.17) is 27.9 Å². The van der Waals surface area contributed by atoms with Crippen LogP contribution in [0, 0.1) is 6.92 Å². The van der Waals surface area contributed by atoms with Crippen LogP contribution in [-0.2, 0) is 9.59 Å². The smallest absolute Gasteiger partial charge is 0.282 e. The molecule has 0 unspecified atom stereocenters. The molecule has 1 aliphatic heterocycles. The lowest BCUT2D eigenvalue weighted by Crippen LogP contribution is -2.32. The maximum atomic E-state index is 13.4. The van der Waals surface area contributed by atoms with Crippen LogP contribution < -0.4 is 15.0 Å². The van der Waals surface area contributed by atoms with Crippen LogP contribution in [0.1, 0.15) is 11.1 Å². The molecule has 0 fully saturated rings. The van der Waals surface area contributed by atoms with Crippen molar-refractivity contribution in [1.82, 2.24) is 0 Å². The third-order valence-electron chi connectivity index (χ3n) is 5.07. The molecule has 7 heteroatoms. The van der Waals surface area contributed by atoms with Crippen molar-refractivity contribution >= 4 is 52.0 Å². The van der Waals surface area contributed by atoms with E-state index in [1.54, 1.807) is 36.4 Å². The van der Waals surface area contributed by atoms with Crippen molar-refractivity contribution in [3.63, 3.8) is 0 Å². The highest BCUT2D eigenvalue weighted by molar-refractivity contribution is 6.46. The first-order chi connectivity index (χ1) is 14.9. The van der Waals surface area contributed by atoms with E-state index in [0.29, 0.717) is 32.7 Å². The summed E-state index contributed by atoms with van der Waals surface area (Å²) in [5.74, 6) is -0.474. The molecule has 3 aromatic carbocycles. The summed E-state index contributed by atoms with van der Waals surface area (Å²) in [6.07, 6.45) is 0. The average Bonchev–Trinajstić information content (AvgIpc) is 3.01. The summed E-state index contributed by atoms with van der Waals surface area (Å²) >= 11 is 12.5. The van der Waals surface area contributed by atoms with Gasteiger partial charge >= 0.3 is 0 Å². The van der Waals surface area contributed by atoms with E-state index in [2.05, 4.69) is 5.32 Å². The zero-order valence-electron chi connectivity index (χ0n) is 16.8. The van der Waals surface area contributed by atoms with Crippen LogP contribution in [-0.4, -0.2) is 18.9 Å². The average molecular weight is 453 g/mol. The number of nitrogens with one attached hydrogen (secondary N) is 1. The van der Waals surface area contributed by atoms with Crippen LogP contribution >= 0.6 is 23.2 Å². The minimum Gasteiger partial charge on any atom is -0.495 e. The number of halogens is 2. The SMILES string of the molecule is COc1ccc(N2C(=O)C(Nc3cccc(Cl)c3C)=C(c3ccccc3)C2=O)cc1Cl. The third-order valence-corrected chi connectivity index (χ3v) is 5.77. The van der Waals surface area contributed by atoms with Gasteiger partial charge in [-0.25, -0.2) is 4.90 Å². The van der Waals surface area contributed by atoms with Gasteiger partial charge in [0.25, 0.3) is 11.8 Å². The summed E-state index contributed by atoms with van der Waals surface area (Å²) in [5, 5.41) is 4.00. The third kappa shape index (κ3) is 3.78. The fourth-order valence-corrected chi connectivity index (χ4v) is 3.85. The Labute approximate surface area is 189 Å². The molecule has 2 amide bonds. The number of methoxy groups -OCH3 is 1. The molecule has 0 saturated carbocycles. The Morgan fingerprint density at radius 2 is 1.61 bits per heavy atom. The van der Waals surface area contributed by atoms with Gasteiger partial charge < -0.3 is 10.1 Å². The zero-order valence-corrected chi connectivity index (χ0v) is 18.3. The van der Waals surface area contributed by atoms with E-state index in [-0.39, 0.29) is 11.3 Å². The summed E-state index contributed by atoms with van der Waals surface area (Å²) in [7, 11) is 1.50. The Hall–Kier alpha value is -3.28. The molecule has 0 aromatic heterocycles. The minimum absolute atomic E-state index is 0.175. The molecule has 5 nitrogen and oxygen atoms in total. The number of nitrogens with zero attached hydrogens (tertiary/aromatic N) is 1. The molecule has 0 radical (unpaired) electrons. The highest BCUT2D eigenvalue weighted by Gasteiger charge is 2.40. The van der Waals surface area contributed by atoms with E-state index in [0.717, 1.165) is 10.5 Å². The van der Waals surface area contributed by atoms with Gasteiger partial charge in [-0.3, -0.25) is 9.59 Å². The number of anilines is 2. The van der Waals surface area contributed by atoms with Crippen molar-refractivity contribution in [3.8, 4) is 5.75 Å². The van der Waals surface area contributed by atoms with Crippen molar-refractivity contribution in [3.05, 3.63) is 93.6 Å². The second kappa shape index (κ2) is 8.46. The predicted octanol–water partition coefficient (Wildman–Crippen LogP) is 5.71. The van der Waals surface area contributed by atoms with Crippen LogP contribution in [0.3, 0.4) is 0 Å². The van der Waals surface area contributed by atoms with Crippen molar-refractivity contribution < 1.29 is 14.3 Å². The number of benzene rings is 3. The molecule has 1 N–H and O–H groups in total. The molecule has 0 saturated heterocycles. The second-order valence-corrected chi connectivity index (χ2v) is 7.73. The molecular formula is C24H18Cl2N2O3. The van der Waals surface area contributed by atoms with Crippen molar-refractivity contribution in [2.75, 3.05) is 17.3 Å². The van der Waals surface area contributed by atoms with Crippen molar-refractivity contribution in [2.24, 2.45) is 0 Å². The van der Waals surface area contributed by atoms with Gasteiger partial charge in [0.05, 0.1) is 23.4 Å². The maximum Gasteiger partial charge on any atom is 0.282 e. The zero-order chi connectivity index (χ0) is 22.1. The maximum absolute atomic E-state index is 13.4. The van der Waals surface area contributed by atoms with Gasteiger partial charge in [0.15, 0.2) is 0 Å². The Balaban J connectivity index is 1.83. The summed E-state index contributed by atoms with van der Waals surface area (Å²) in [6, 6.07) is 19.2. The van der Waals surface area contributed by atoms with Gasteiger partial charge in [-0.2, -0.15) is 0 Å². The number of carbonyl (C=O) groups excluding carboxylic acids is 2. The molecule has 0 aliphatic carbocycles. The summed E-state index contributed by atoms with van der Waals surface area (Å²) in [6.45, 7) is 1.84. The fourth-order valence-electron chi connectivity index (χ4n) is 3.42. The normalized spacial score (nSPS) is 13.7. The van der Waals surface area contributed by atoms with Crippen LogP contribution in [0.25, 0.3) is 5.57 Å². The van der Waals surface area contributed by atoms with E-state index in [9.17, 15) is 9.59 Å². The molecule has 156 valence electrons. The molecule has 4 rings (SSSR count). The lowest BCUT2D eigenvalue weighted by Gasteiger charge is -2.17. The number of carbonyl (C=O) groups is 2. The minimum atomic E-state index is -0.482. The lowest BCUT2D eigenvalue weighted by molar-refractivity contribution is -0.120. The van der Waals surface area contributed by atoms with Crippen LogP contribution in [0.4, 0.5) is 11.4 Å². The number of imide groups is 1. The Bertz CT molecular complexity index is 1220. The summed E-state index contributed by atoms with van der Waals surface area (Å²) in [5.41, 5.74) is 2.85. The highest BCUT2D eigenvalue weighted by Crippen LogP contribution is 2.37. The molecule has 1 aliphatic rings. The van der Waals surface area contributed by atoms with Gasteiger partial charge in [-0.1, -0.05) is 59.6 Å². The molecule has 0 spiro atoms. The van der Waals surface area contributed by atoms with Crippen LogP contribution in [0.5, 0.6) is 5.75 Å². The van der Waals surface area contributed by atoms with E-state index in [1.807, 2.05) is 31.2 Å². The first-order valence-corrected chi connectivity index (χ1v) is 10.2. The first-order valence-electron chi connectivity index (χ1n) is 9.46. The van der Waals surface area contributed by atoms with Crippen molar-refractivity contribution in [2.45, 2.75) is 6.92 Å². The Kier molecular flexibility index (Phi) is 5.72. The molecule has 1 heterocycles. The molecule has 0 atom stereocenters. The number of rotatable bonds is 5. The van der Waals surface area contributed by atoms with Crippen LogP contribution in [0.2, 0.25) is 10.0 Å². The van der Waals surface area contributed by atoms with Gasteiger partial charge in [0, 0.05) is 10.7 Å². The standard InChI is InChI=1S/C24H18Cl2N2O3/c1-14-17(25)9-6-10-19(14)27-22-21(15-7-4-3-5-8-15)23(29)28(24(22)30)16-11-12-20(31-2)18(26)13-16/h3-13,27H,1-2H3. The molecule has 0 bridgehead atoms. The molecular weight excluding hydrogens is 435 g/mol. The van der Waals surface area contributed by atoms with Gasteiger partial charge in [0.2, 0.25) is 0 Å². The van der Waals surface area contributed by atoms with E-state index < -0.39 is 11.8 Å². The van der Waals surface area contributed by atoms with E-state index in [1.165, 1.54) is 13.2 Å². The van der Waals surface area contributed by atoms with Gasteiger partial charge in [-0.15, -0.1) is 0 Å². The Morgan fingerprint density at radius 1 is 0.871 bits per heavy atom. The fraction of sp³-hybridized carbons (Fsp3) is 0.0833. The van der Waals surface area contributed by atoms with Crippen molar-refractivity contribution in [1.29, 1.82) is 0 Å². The topological polar surface area (TPSA) is 58.6 Å². The number of amides is 2. The predicted molar refractivity (Wildman–Crippen MR) is 124 cm³/mol. The van der Waals surface area contributed by atoms with Gasteiger partial charge in [0.1, 0.15) is 11.4 Å². The largest absolute Gasteiger partial charge is 0.495 e. The van der Waals surface area contributed by atoms with Crippen LogP contribution in [0.15, 0.2) is 72.4 Å². The number of hydrogen-bond acceptors (Lipinski definition) is 4. The quantitative estimate of drug-likeness (QED) is 0.503. The molecule has 31 heavy (non-hydrogen) atoms. The second-order valence-electron chi connectivity index (χ2n) is 6.92. The van der Waals surface area contributed by atoms with E-state index >= 15 is 0 Å². The Morgan fingerprint density at radius 3 is 2.29 bits per heavy atom. The van der Waals surface area contributed by atoms with Gasteiger partial charge in [-0.05, 0) is 48.4 Å². The number of ether oxygens (including phenoxy) is 1. The first kappa shape index (κ1) is 21.0. The monoisotopic (exact) mass is 452 g/mol. The number of hydrogen-bond donors (Lipinski definition) is 1. The highest BCUT2D eigenvalue weighted by atomic mass is 35.5. The lowest BCUT2D eigenvalue weighted by atomic mass is 10.0.